The van der Waals surface area contributed by atoms with Crippen LogP contribution in [-0.4, -0.2) is 4.98 Å². The molecule has 0 saturated carbocycles. The van der Waals surface area contributed by atoms with E-state index in [2.05, 4.69) is 10.3 Å². The summed E-state index contributed by atoms with van der Waals surface area (Å²) in [6, 6.07) is 14.6. The minimum Gasteiger partial charge on any atom is -0.356 e. The Labute approximate surface area is 127 Å². The number of H-pyrrole nitrogens is 1. The molecule has 1 heterocycles. The molecule has 1 atom stereocenters. The molecule has 1 aromatic heterocycles. The van der Waals surface area contributed by atoms with E-state index in [1.807, 2.05) is 31.2 Å². The average molecular weight is 303 g/mol. The van der Waals surface area contributed by atoms with Crippen LogP contribution >= 0.6 is 11.6 Å². The zero-order valence-electron chi connectivity index (χ0n) is 11.7. The van der Waals surface area contributed by atoms with Gasteiger partial charge in [-0.3, -0.25) is 0 Å². The number of hydrogen-bond donors (Lipinski definition) is 2. The number of rotatable bonds is 4. The fourth-order valence-electron chi connectivity index (χ4n) is 2.41. The molecule has 21 heavy (non-hydrogen) atoms. The molecule has 2 nitrogen and oxygen atoms in total. The molecule has 1 unspecified atom stereocenters. The number of benzene rings is 2. The molecular formula is C17H16ClFN2. The van der Waals surface area contributed by atoms with E-state index in [9.17, 15) is 4.39 Å². The summed E-state index contributed by atoms with van der Waals surface area (Å²) in [4.78, 5) is 3.33. The Morgan fingerprint density at radius 1 is 1.14 bits per heavy atom. The van der Waals surface area contributed by atoms with Crippen LogP contribution in [0.2, 0.25) is 5.02 Å². The van der Waals surface area contributed by atoms with Crippen molar-refractivity contribution in [2.75, 3.05) is 0 Å². The normalized spacial score (nSPS) is 12.7. The highest BCUT2D eigenvalue weighted by molar-refractivity contribution is 6.36. The molecular weight excluding hydrogens is 287 g/mol. The molecule has 0 amide bonds. The van der Waals surface area contributed by atoms with Crippen molar-refractivity contribution < 1.29 is 4.39 Å². The second-order valence-electron chi connectivity index (χ2n) is 5.12. The number of para-hydroxylation sites is 1. The highest BCUT2D eigenvalue weighted by atomic mass is 35.5. The molecule has 4 heteroatoms. The summed E-state index contributed by atoms with van der Waals surface area (Å²) >= 11 is 6.39. The summed E-state index contributed by atoms with van der Waals surface area (Å²) in [5.41, 5.74) is 3.05. The van der Waals surface area contributed by atoms with Crippen LogP contribution in [0.5, 0.6) is 0 Å². The number of hydrogen-bond acceptors (Lipinski definition) is 1. The highest BCUT2D eigenvalue weighted by Crippen LogP contribution is 2.27. The zero-order chi connectivity index (χ0) is 14.8. The Kier molecular flexibility index (Phi) is 3.95. The van der Waals surface area contributed by atoms with Gasteiger partial charge in [-0.1, -0.05) is 41.9 Å². The summed E-state index contributed by atoms with van der Waals surface area (Å²) in [6.07, 6.45) is 0. The monoisotopic (exact) mass is 302 g/mol. The zero-order valence-corrected chi connectivity index (χ0v) is 12.4. The van der Waals surface area contributed by atoms with Gasteiger partial charge in [-0.15, -0.1) is 0 Å². The Balaban J connectivity index is 1.74. The third-order valence-corrected chi connectivity index (χ3v) is 4.10. The standard InChI is InChI=1S/C17H16ClFN2/c1-11(12-6-8-13(19)9-7-12)20-10-16-17(18)14-4-2-3-5-15(14)21-16/h2-9,11,20-21H,10H2,1H3. The van der Waals surface area contributed by atoms with Gasteiger partial charge in [-0.05, 0) is 30.7 Å². The molecule has 3 rings (SSSR count). The third-order valence-electron chi connectivity index (χ3n) is 3.67. The van der Waals surface area contributed by atoms with Crippen molar-refractivity contribution in [1.82, 2.24) is 10.3 Å². The lowest BCUT2D eigenvalue weighted by Crippen LogP contribution is -2.18. The summed E-state index contributed by atoms with van der Waals surface area (Å²) in [5, 5.41) is 5.19. The SMILES string of the molecule is CC(NCc1[nH]c2ccccc2c1Cl)c1ccc(F)cc1. The molecule has 0 aliphatic carbocycles. The van der Waals surface area contributed by atoms with Gasteiger partial charge in [0.1, 0.15) is 5.82 Å². The first-order valence-corrected chi connectivity index (χ1v) is 7.27. The predicted molar refractivity (Wildman–Crippen MR) is 85.0 cm³/mol. The first-order valence-electron chi connectivity index (χ1n) is 6.89. The Morgan fingerprint density at radius 2 is 1.86 bits per heavy atom. The van der Waals surface area contributed by atoms with E-state index in [0.717, 1.165) is 27.2 Å². The number of aromatic nitrogens is 1. The van der Waals surface area contributed by atoms with E-state index < -0.39 is 0 Å². The Morgan fingerprint density at radius 3 is 2.57 bits per heavy atom. The number of halogens is 2. The summed E-state index contributed by atoms with van der Waals surface area (Å²) in [6.45, 7) is 2.68. The molecule has 0 fully saturated rings. The second kappa shape index (κ2) is 5.88. The van der Waals surface area contributed by atoms with Crippen molar-refractivity contribution in [2.24, 2.45) is 0 Å². The fraction of sp³-hybridized carbons (Fsp3) is 0.176. The minimum atomic E-state index is -0.218. The van der Waals surface area contributed by atoms with Gasteiger partial charge in [0.2, 0.25) is 0 Å². The predicted octanol–water partition coefficient (Wildman–Crippen LogP) is 4.81. The van der Waals surface area contributed by atoms with Crippen molar-refractivity contribution in [1.29, 1.82) is 0 Å². The summed E-state index contributed by atoms with van der Waals surface area (Å²) < 4.78 is 12.9. The maximum atomic E-state index is 12.9. The van der Waals surface area contributed by atoms with Gasteiger partial charge in [-0.2, -0.15) is 0 Å². The van der Waals surface area contributed by atoms with Crippen LogP contribution in [0.3, 0.4) is 0 Å². The molecule has 0 saturated heterocycles. The van der Waals surface area contributed by atoms with Crippen molar-refractivity contribution in [3.05, 3.63) is 70.6 Å². The largest absolute Gasteiger partial charge is 0.356 e. The van der Waals surface area contributed by atoms with Gasteiger partial charge >= 0.3 is 0 Å². The van der Waals surface area contributed by atoms with Gasteiger partial charge in [0.05, 0.1) is 5.02 Å². The lowest BCUT2D eigenvalue weighted by molar-refractivity contribution is 0.566. The maximum Gasteiger partial charge on any atom is 0.123 e. The number of aromatic amines is 1. The quantitative estimate of drug-likeness (QED) is 0.711. The second-order valence-corrected chi connectivity index (χ2v) is 5.50. The van der Waals surface area contributed by atoms with Gasteiger partial charge in [0.25, 0.3) is 0 Å². The van der Waals surface area contributed by atoms with Crippen LogP contribution in [0.15, 0.2) is 48.5 Å². The molecule has 0 spiro atoms. The van der Waals surface area contributed by atoms with Crippen LogP contribution in [0.1, 0.15) is 24.2 Å². The van der Waals surface area contributed by atoms with Crippen LogP contribution < -0.4 is 5.32 Å². The van der Waals surface area contributed by atoms with E-state index in [-0.39, 0.29) is 11.9 Å². The van der Waals surface area contributed by atoms with Crippen LogP contribution in [0.4, 0.5) is 4.39 Å². The van der Waals surface area contributed by atoms with E-state index in [1.165, 1.54) is 12.1 Å². The molecule has 2 N–H and O–H groups in total. The average Bonchev–Trinajstić information content (AvgIpc) is 2.82. The smallest absolute Gasteiger partial charge is 0.123 e. The number of nitrogens with one attached hydrogen (secondary N) is 2. The van der Waals surface area contributed by atoms with Crippen LogP contribution in [0, 0.1) is 5.82 Å². The van der Waals surface area contributed by atoms with E-state index in [1.54, 1.807) is 12.1 Å². The van der Waals surface area contributed by atoms with Crippen LogP contribution in [-0.2, 0) is 6.54 Å². The van der Waals surface area contributed by atoms with E-state index in [0.29, 0.717) is 6.54 Å². The maximum absolute atomic E-state index is 12.9. The molecule has 2 aromatic carbocycles. The molecule has 0 bridgehead atoms. The van der Waals surface area contributed by atoms with Gasteiger partial charge in [0, 0.05) is 29.2 Å². The number of fused-ring (bicyclic) bond motifs is 1. The lowest BCUT2D eigenvalue weighted by atomic mass is 10.1. The Hall–Kier alpha value is -1.84. The fourth-order valence-corrected chi connectivity index (χ4v) is 2.69. The van der Waals surface area contributed by atoms with Gasteiger partial charge in [-0.25, -0.2) is 4.39 Å². The molecule has 108 valence electrons. The Bertz CT molecular complexity index is 749. The van der Waals surface area contributed by atoms with Crippen molar-refractivity contribution >= 4 is 22.5 Å². The van der Waals surface area contributed by atoms with E-state index >= 15 is 0 Å². The first kappa shape index (κ1) is 14.1. The summed E-state index contributed by atoms with van der Waals surface area (Å²) in [7, 11) is 0. The van der Waals surface area contributed by atoms with Crippen molar-refractivity contribution in [3.63, 3.8) is 0 Å². The first-order chi connectivity index (χ1) is 10.1. The third kappa shape index (κ3) is 2.94. The minimum absolute atomic E-state index is 0.119. The van der Waals surface area contributed by atoms with Crippen molar-refractivity contribution in [2.45, 2.75) is 19.5 Å². The molecule has 0 aliphatic heterocycles. The van der Waals surface area contributed by atoms with E-state index in [4.69, 9.17) is 11.6 Å². The van der Waals surface area contributed by atoms with Crippen molar-refractivity contribution in [3.8, 4) is 0 Å². The summed E-state index contributed by atoms with van der Waals surface area (Å²) in [5.74, 6) is -0.218. The topological polar surface area (TPSA) is 27.8 Å². The molecule has 0 aliphatic rings. The van der Waals surface area contributed by atoms with Gasteiger partial charge in [0.15, 0.2) is 0 Å². The van der Waals surface area contributed by atoms with Crippen LogP contribution in [0.25, 0.3) is 10.9 Å². The highest BCUT2D eigenvalue weighted by Gasteiger charge is 2.11. The van der Waals surface area contributed by atoms with Gasteiger partial charge < -0.3 is 10.3 Å². The molecule has 3 aromatic rings. The molecule has 0 radical (unpaired) electrons. The lowest BCUT2D eigenvalue weighted by Gasteiger charge is -2.13.